The summed E-state index contributed by atoms with van der Waals surface area (Å²) in [5.41, 5.74) is 1.99. The van der Waals surface area contributed by atoms with Crippen molar-refractivity contribution in [3.8, 4) is 0 Å². The highest BCUT2D eigenvalue weighted by Crippen LogP contribution is 2.22. The summed E-state index contributed by atoms with van der Waals surface area (Å²) in [4.78, 5) is 12.0. The second-order valence-corrected chi connectivity index (χ2v) is 7.08. The first kappa shape index (κ1) is 19.3. The summed E-state index contributed by atoms with van der Waals surface area (Å²) in [6, 6.07) is 16.5. The second-order valence-electron chi connectivity index (χ2n) is 5.83. The maximum Gasteiger partial charge on any atom is 0.308 e. The summed E-state index contributed by atoms with van der Waals surface area (Å²) in [7, 11) is -0.144. The first-order chi connectivity index (χ1) is 12.0. The van der Waals surface area contributed by atoms with Gasteiger partial charge in [0.05, 0.1) is 24.5 Å². The van der Waals surface area contributed by atoms with Gasteiger partial charge >= 0.3 is 5.97 Å². The van der Waals surface area contributed by atoms with Crippen LogP contribution < -0.4 is 4.72 Å². The summed E-state index contributed by atoms with van der Waals surface area (Å²) in [6.45, 7) is 1.97. The van der Waals surface area contributed by atoms with Crippen LogP contribution in [0.5, 0.6) is 0 Å². The van der Waals surface area contributed by atoms with E-state index in [0.717, 1.165) is 11.1 Å². The zero-order chi connectivity index (χ0) is 18.2. The summed E-state index contributed by atoms with van der Waals surface area (Å²) < 4.78 is 20.3. The topological polar surface area (TPSA) is 75.6 Å². The van der Waals surface area contributed by atoms with E-state index in [4.69, 9.17) is 0 Å². The fraction of sp³-hybridized carbons (Fsp3) is 0.316. The number of methoxy groups -OCH3 is 1. The monoisotopic (exact) mass is 361 g/mol. The van der Waals surface area contributed by atoms with E-state index in [0.29, 0.717) is 4.90 Å². The third-order valence-corrected chi connectivity index (χ3v) is 5.02. The quantitative estimate of drug-likeness (QED) is 0.709. The standard InChI is InChI=1S/C19H23NO4S/c1-14-8-10-17(11-9-14)25(23)20-18(15-6-4-3-5-7-15)12-16(21)13-19(22)24-2/h3-11,16,18,20-21H,12-13H2,1-2H3/t16-,18-,25?/m1/s1. The van der Waals surface area contributed by atoms with Gasteiger partial charge in [-0.25, -0.2) is 8.93 Å². The molecular weight excluding hydrogens is 338 g/mol. The maximum absolute atomic E-state index is 12.6. The summed E-state index contributed by atoms with van der Waals surface area (Å²) in [5.74, 6) is -0.473. The van der Waals surface area contributed by atoms with Crippen molar-refractivity contribution in [2.24, 2.45) is 0 Å². The van der Waals surface area contributed by atoms with Crippen molar-refractivity contribution in [1.29, 1.82) is 0 Å². The van der Waals surface area contributed by atoms with Crippen LogP contribution >= 0.6 is 0 Å². The minimum absolute atomic E-state index is 0.0985. The SMILES string of the molecule is COC(=O)C[C@H](O)C[C@@H](NS(=O)c1ccc(C)cc1)c1ccccc1. The average Bonchev–Trinajstić information content (AvgIpc) is 2.62. The minimum Gasteiger partial charge on any atom is -0.469 e. The Hall–Kier alpha value is -2.02. The van der Waals surface area contributed by atoms with Gasteiger partial charge in [0.25, 0.3) is 0 Å². The van der Waals surface area contributed by atoms with Crippen molar-refractivity contribution in [3.63, 3.8) is 0 Å². The Labute approximate surface area is 150 Å². The number of carbonyl (C=O) groups excluding carboxylic acids is 1. The molecule has 2 N–H and O–H groups in total. The van der Waals surface area contributed by atoms with Crippen LogP contribution in [0.25, 0.3) is 0 Å². The van der Waals surface area contributed by atoms with Crippen LogP contribution in [0, 0.1) is 6.92 Å². The normalized spacial score (nSPS) is 14.5. The van der Waals surface area contributed by atoms with E-state index in [2.05, 4.69) is 9.46 Å². The van der Waals surface area contributed by atoms with Gasteiger partial charge in [-0.15, -0.1) is 0 Å². The van der Waals surface area contributed by atoms with E-state index < -0.39 is 23.1 Å². The lowest BCUT2D eigenvalue weighted by Crippen LogP contribution is -2.28. The molecule has 0 radical (unpaired) electrons. The van der Waals surface area contributed by atoms with Gasteiger partial charge in [-0.3, -0.25) is 4.79 Å². The average molecular weight is 361 g/mol. The molecule has 25 heavy (non-hydrogen) atoms. The highest BCUT2D eigenvalue weighted by molar-refractivity contribution is 7.83. The lowest BCUT2D eigenvalue weighted by Gasteiger charge is -2.21. The molecule has 5 nitrogen and oxygen atoms in total. The van der Waals surface area contributed by atoms with Crippen LogP contribution in [-0.4, -0.2) is 28.5 Å². The number of nitrogens with one attached hydrogen (secondary N) is 1. The fourth-order valence-electron chi connectivity index (χ4n) is 2.43. The number of carbonyl (C=O) groups is 1. The number of esters is 1. The molecule has 0 aliphatic heterocycles. The minimum atomic E-state index is -1.43. The largest absolute Gasteiger partial charge is 0.469 e. The highest BCUT2D eigenvalue weighted by atomic mass is 32.2. The van der Waals surface area contributed by atoms with Gasteiger partial charge in [0, 0.05) is 6.04 Å². The Balaban J connectivity index is 2.13. The molecule has 0 amide bonds. The van der Waals surface area contributed by atoms with Crippen LogP contribution in [0.2, 0.25) is 0 Å². The first-order valence-electron chi connectivity index (χ1n) is 8.04. The van der Waals surface area contributed by atoms with Crippen LogP contribution in [0.4, 0.5) is 0 Å². The van der Waals surface area contributed by atoms with Crippen LogP contribution in [0.3, 0.4) is 0 Å². The molecule has 1 unspecified atom stereocenters. The molecule has 134 valence electrons. The summed E-state index contributed by atoms with van der Waals surface area (Å²) in [6.07, 6.45) is -0.741. The Morgan fingerprint density at radius 2 is 1.80 bits per heavy atom. The number of hydrogen-bond donors (Lipinski definition) is 2. The van der Waals surface area contributed by atoms with Gasteiger partial charge in [-0.2, -0.15) is 0 Å². The molecule has 0 spiro atoms. The predicted molar refractivity (Wildman–Crippen MR) is 97.2 cm³/mol. The van der Waals surface area contributed by atoms with Crippen LogP contribution in [0.15, 0.2) is 59.5 Å². The van der Waals surface area contributed by atoms with E-state index in [1.807, 2.05) is 61.5 Å². The molecule has 0 aromatic heterocycles. The lowest BCUT2D eigenvalue weighted by molar-refractivity contribution is -0.142. The molecule has 0 fully saturated rings. The molecule has 0 bridgehead atoms. The zero-order valence-electron chi connectivity index (χ0n) is 14.3. The third-order valence-electron chi connectivity index (χ3n) is 3.82. The number of benzene rings is 2. The highest BCUT2D eigenvalue weighted by Gasteiger charge is 2.21. The van der Waals surface area contributed by atoms with E-state index in [1.54, 1.807) is 0 Å². The molecule has 2 rings (SSSR count). The Morgan fingerprint density at radius 1 is 1.16 bits per heavy atom. The van der Waals surface area contributed by atoms with Gasteiger partial charge in [-0.1, -0.05) is 48.0 Å². The fourth-order valence-corrected chi connectivity index (χ4v) is 3.44. The van der Waals surface area contributed by atoms with Gasteiger partial charge < -0.3 is 9.84 Å². The first-order valence-corrected chi connectivity index (χ1v) is 9.19. The maximum atomic E-state index is 12.6. The van der Waals surface area contributed by atoms with Crippen molar-refractivity contribution in [1.82, 2.24) is 4.72 Å². The van der Waals surface area contributed by atoms with Gasteiger partial charge in [0.2, 0.25) is 0 Å². The van der Waals surface area contributed by atoms with Crippen molar-refractivity contribution in [3.05, 3.63) is 65.7 Å². The summed E-state index contributed by atoms with van der Waals surface area (Å²) in [5, 5.41) is 10.2. The molecule has 2 aromatic rings. The molecule has 0 aliphatic rings. The molecule has 2 aromatic carbocycles. The molecule has 6 heteroatoms. The summed E-state index contributed by atoms with van der Waals surface area (Å²) >= 11 is 0. The molecule has 0 saturated carbocycles. The van der Waals surface area contributed by atoms with E-state index in [1.165, 1.54) is 7.11 Å². The smallest absolute Gasteiger partial charge is 0.308 e. The Bertz CT molecular complexity index is 703. The van der Waals surface area contributed by atoms with Crippen molar-refractivity contribution < 1.29 is 18.8 Å². The number of ether oxygens (including phenoxy) is 1. The molecule has 0 saturated heterocycles. The number of aliphatic hydroxyl groups is 1. The predicted octanol–water partition coefficient (Wildman–Crippen LogP) is 2.66. The Kier molecular flexibility index (Phi) is 7.31. The van der Waals surface area contributed by atoms with E-state index in [9.17, 15) is 14.1 Å². The molecule has 0 heterocycles. The second kappa shape index (κ2) is 9.46. The molecule has 3 atom stereocenters. The van der Waals surface area contributed by atoms with Crippen molar-refractivity contribution in [2.45, 2.75) is 36.8 Å². The Morgan fingerprint density at radius 3 is 2.40 bits per heavy atom. The molecular formula is C19H23NO4S. The van der Waals surface area contributed by atoms with Gasteiger partial charge in [0.1, 0.15) is 11.0 Å². The lowest BCUT2D eigenvalue weighted by atomic mass is 10.0. The zero-order valence-corrected chi connectivity index (χ0v) is 15.2. The van der Waals surface area contributed by atoms with Gasteiger partial charge in [-0.05, 0) is 31.0 Å². The van der Waals surface area contributed by atoms with Crippen LogP contribution in [0.1, 0.15) is 30.0 Å². The number of aryl methyl sites for hydroxylation is 1. The van der Waals surface area contributed by atoms with Crippen molar-refractivity contribution >= 4 is 17.0 Å². The van der Waals surface area contributed by atoms with E-state index >= 15 is 0 Å². The number of rotatable bonds is 8. The van der Waals surface area contributed by atoms with Crippen molar-refractivity contribution in [2.75, 3.05) is 7.11 Å². The van der Waals surface area contributed by atoms with E-state index in [-0.39, 0.29) is 18.9 Å². The third kappa shape index (κ3) is 6.08. The number of aliphatic hydroxyl groups excluding tert-OH is 1. The van der Waals surface area contributed by atoms with Gasteiger partial charge in [0.15, 0.2) is 0 Å². The number of hydrogen-bond acceptors (Lipinski definition) is 4. The molecule has 0 aliphatic carbocycles. The van der Waals surface area contributed by atoms with Crippen LogP contribution in [-0.2, 0) is 20.5 Å².